The minimum atomic E-state index is -6.01. The largest absolute Gasteiger partial charge is 0.460 e. The fourth-order valence-electron chi connectivity index (χ4n) is 0.811. The molecule has 0 radical (unpaired) electrons. The van der Waals surface area contributed by atoms with Crippen LogP contribution in [0.15, 0.2) is 0 Å². The van der Waals surface area contributed by atoms with Crippen LogP contribution in [0.2, 0.25) is 0 Å². The lowest BCUT2D eigenvalue weighted by Gasteiger charge is -2.33. The number of rotatable bonds is 2. The lowest BCUT2D eigenvalue weighted by Crippen LogP contribution is -2.59. The molecule has 0 heterocycles. The normalized spacial score (nSPS) is 16.2. The number of esters is 1. The average molecular weight is 315 g/mol. The maximum atomic E-state index is 12.4. The fourth-order valence-corrected chi connectivity index (χ4v) is 0.855. The molecule has 2 nitrogen and oxygen atoms in total. The Hall–Kier alpha value is -0.660. The lowest BCUT2D eigenvalue weighted by molar-refractivity contribution is -0.270. The van der Waals surface area contributed by atoms with Gasteiger partial charge in [-0.15, -0.1) is 0 Å². The third-order valence-corrected chi connectivity index (χ3v) is 3.15. The molecule has 0 unspecified atom stereocenters. The molecule has 0 saturated heterocycles. The molecule has 0 aliphatic rings. The Labute approximate surface area is 111 Å². The van der Waals surface area contributed by atoms with Gasteiger partial charge in [0.1, 0.15) is 6.10 Å². The van der Waals surface area contributed by atoms with Crippen LogP contribution in [0.25, 0.3) is 0 Å². The van der Waals surface area contributed by atoms with Crippen molar-refractivity contribution < 1.29 is 35.9 Å². The molecule has 0 rings (SSSR count). The molecule has 0 amide bonds. The van der Waals surface area contributed by atoms with Crippen LogP contribution in [-0.4, -0.2) is 29.3 Å². The zero-order chi connectivity index (χ0) is 15.9. The smallest absolute Gasteiger partial charge is 0.427 e. The predicted octanol–water partition coefficient (Wildman–Crippen LogP) is 4.07. The molecule has 0 aromatic rings. The van der Waals surface area contributed by atoms with Crippen LogP contribution in [0, 0.1) is 5.41 Å². The van der Waals surface area contributed by atoms with Crippen LogP contribution in [0.5, 0.6) is 0 Å². The van der Waals surface area contributed by atoms with E-state index in [1.165, 1.54) is 27.7 Å². The Morgan fingerprint density at radius 3 is 1.53 bits per heavy atom. The summed E-state index contributed by atoms with van der Waals surface area (Å²) in [6.07, 6.45) is -13.2. The number of hydrogen-bond donors (Lipinski definition) is 0. The monoisotopic (exact) mass is 314 g/mol. The van der Waals surface area contributed by atoms with E-state index >= 15 is 0 Å². The summed E-state index contributed by atoms with van der Waals surface area (Å²) in [7, 11) is 0. The molecule has 0 fully saturated rings. The summed E-state index contributed by atoms with van der Waals surface area (Å²) >= 11 is 4.51. The third-order valence-electron chi connectivity index (χ3n) is 2.57. The van der Waals surface area contributed by atoms with E-state index in [1.54, 1.807) is 0 Å². The van der Waals surface area contributed by atoms with E-state index < -0.39 is 34.7 Å². The van der Waals surface area contributed by atoms with Gasteiger partial charge in [0, 0.05) is 0 Å². The van der Waals surface area contributed by atoms with Crippen molar-refractivity contribution in [1.82, 2.24) is 0 Å². The quantitative estimate of drug-likeness (QED) is 0.436. The third kappa shape index (κ3) is 3.67. The first-order chi connectivity index (χ1) is 8.05. The predicted molar refractivity (Wildman–Crippen MR) is 55.7 cm³/mol. The molecule has 9 heteroatoms. The second-order valence-corrected chi connectivity index (χ2v) is 5.63. The molecule has 0 aromatic heterocycles. The zero-order valence-electron chi connectivity index (χ0n) is 10.5. The first kappa shape index (κ1) is 18.3. The van der Waals surface area contributed by atoms with Crippen molar-refractivity contribution in [2.45, 2.75) is 51.0 Å². The van der Waals surface area contributed by atoms with Gasteiger partial charge < -0.3 is 4.74 Å². The van der Waals surface area contributed by atoms with Gasteiger partial charge in [-0.25, -0.2) is 4.79 Å². The van der Waals surface area contributed by atoms with Crippen molar-refractivity contribution in [3.05, 3.63) is 0 Å². The average Bonchev–Trinajstić information content (AvgIpc) is 2.10. The highest BCUT2D eigenvalue weighted by molar-refractivity contribution is 6.35. The van der Waals surface area contributed by atoms with Gasteiger partial charge in [0.2, 0.25) is 0 Å². The van der Waals surface area contributed by atoms with E-state index in [0.717, 1.165) is 0 Å². The van der Waals surface area contributed by atoms with E-state index in [2.05, 4.69) is 16.3 Å². The molecule has 1 atom stereocenters. The van der Waals surface area contributed by atoms with Gasteiger partial charge in [-0.2, -0.15) is 26.3 Å². The standard InChI is InChI=1S/C10H13ClF6O2/c1-5(7(2,3)4)19-6(18)8(11,9(12,13)14)10(15,16)17/h5H,1-4H3/t5-/m0/s1. The van der Waals surface area contributed by atoms with Crippen LogP contribution in [0.1, 0.15) is 27.7 Å². The fraction of sp³-hybridized carbons (Fsp3) is 0.900. The number of halogens is 7. The molecule has 0 bridgehead atoms. The van der Waals surface area contributed by atoms with E-state index in [9.17, 15) is 31.1 Å². The number of hydrogen-bond acceptors (Lipinski definition) is 2. The van der Waals surface area contributed by atoms with Gasteiger partial charge in [0.25, 0.3) is 0 Å². The highest BCUT2D eigenvalue weighted by atomic mass is 35.5. The lowest BCUT2D eigenvalue weighted by atomic mass is 9.90. The highest BCUT2D eigenvalue weighted by Crippen LogP contribution is 2.49. The molecule has 0 saturated carbocycles. The molecule has 0 spiro atoms. The number of ether oxygens (including phenoxy) is 1. The topological polar surface area (TPSA) is 26.3 Å². The molecular formula is C10H13ClF6O2. The van der Waals surface area contributed by atoms with E-state index in [4.69, 9.17) is 0 Å². The Morgan fingerprint density at radius 1 is 1.00 bits per heavy atom. The summed E-state index contributed by atoms with van der Waals surface area (Å²) in [4.78, 5) is 6.17. The van der Waals surface area contributed by atoms with Crippen LogP contribution < -0.4 is 0 Å². The Kier molecular flexibility index (Phi) is 4.85. The maximum Gasteiger partial charge on any atom is 0.427 e. The Morgan fingerprint density at radius 2 is 1.32 bits per heavy atom. The van der Waals surface area contributed by atoms with Crippen molar-refractivity contribution in [3.63, 3.8) is 0 Å². The van der Waals surface area contributed by atoms with Gasteiger partial charge in [-0.1, -0.05) is 32.4 Å². The summed E-state index contributed by atoms with van der Waals surface area (Å²) in [5.41, 5.74) is -0.829. The number of carbonyl (C=O) groups is 1. The Balaban J connectivity index is 5.42. The van der Waals surface area contributed by atoms with E-state index in [1.807, 2.05) is 0 Å². The Bertz CT molecular complexity index is 327. The SMILES string of the molecule is C[C@H](OC(=O)C(Cl)(C(F)(F)F)C(F)(F)F)C(C)(C)C. The summed E-state index contributed by atoms with van der Waals surface area (Å²) in [5.74, 6) is -2.57. The minimum Gasteiger partial charge on any atom is -0.460 e. The first-order valence-electron chi connectivity index (χ1n) is 5.08. The van der Waals surface area contributed by atoms with Crippen molar-refractivity contribution >= 4 is 17.6 Å². The van der Waals surface area contributed by atoms with Crippen molar-refractivity contribution in [2.24, 2.45) is 5.41 Å². The van der Waals surface area contributed by atoms with E-state index in [0.29, 0.717) is 0 Å². The first-order valence-corrected chi connectivity index (χ1v) is 5.46. The van der Waals surface area contributed by atoms with Gasteiger partial charge in [-0.05, 0) is 12.3 Å². The molecule has 0 aromatic carbocycles. The van der Waals surface area contributed by atoms with Crippen molar-refractivity contribution in [2.75, 3.05) is 0 Å². The van der Waals surface area contributed by atoms with Gasteiger partial charge in [0.05, 0.1) is 0 Å². The summed E-state index contributed by atoms with van der Waals surface area (Å²) in [6.45, 7) is 5.65. The van der Waals surface area contributed by atoms with Gasteiger partial charge in [-0.3, -0.25) is 0 Å². The highest BCUT2D eigenvalue weighted by Gasteiger charge is 2.76. The molecule has 0 N–H and O–H groups in total. The van der Waals surface area contributed by atoms with Crippen LogP contribution in [0.3, 0.4) is 0 Å². The van der Waals surface area contributed by atoms with Crippen molar-refractivity contribution in [3.8, 4) is 0 Å². The van der Waals surface area contributed by atoms with Gasteiger partial charge >= 0.3 is 23.2 Å². The summed E-state index contributed by atoms with van der Waals surface area (Å²) in [6, 6.07) is 0. The second-order valence-electron chi connectivity index (χ2n) is 5.07. The minimum absolute atomic E-state index is 0.829. The molecule has 114 valence electrons. The van der Waals surface area contributed by atoms with Crippen LogP contribution >= 0.6 is 11.6 Å². The molecule has 0 aliphatic carbocycles. The maximum absolute atomic E-state index is 12.4. The molecular weight excluding hydrogens is 302 g/mol. The second kappa shape index (κ2) is 5.03. The van der Waals surface area contributed by atoms with E-state index in [-0.39, 0.29) is 0 Å². The molecule has 0 aliphatic heterocycles. The zero-order valence-corrected chi connectivity index (χ0v) is 11.3. The number of carbonyl (C=O) groups excluding carboxylic acids is 1. The van der Waals surface area contributed by atoms with Gasteiger partial charge in [0.15, 0.2) is 0 Å². The van der Waals surface area contributed by atoms with Crippen LogP contribution in [-0.2, 0) is 9.53 Å². The number of alkyl halides is 7. The van der Waals surface area contributed by atoms with Crippen molar-refractivity contribution in [1.29, 1.82) is 0 Å². The van der Waals surface area contributed by atoms with Crippen LogP contribution in [0.4, 0.5) is 26.3 Å². The summed E-state index contributed by atoms with van der Waals surface area (Å²) < 4.78 is 78.9. The summed E-state index contributed by atoms with van der Waals surface area (Å²) in [5, 5.41) is 0. The molecule has 19 heavy (non-hydrogen) atoms.